The third kappa shape index (κ3) is 4.28. The number of carbonyl (C=O) groups excluding carboxylic acids is 1. The lowest BCUT2D eigenvalue weighted by Gasteiger charge is -2.29. The Kier molecular flexibility index (Phi) is 5.32. The molecule has 2 rings (SSSR count). The van der Waals surface area contributed by atoms with Crippen LogP contribution in [0.2, 0.25) is 0 Å². The molecule has 5 heteroatoms. The lowest BCUT2D eigenvalue weighted by Crippen LogP contribution is -2.42. The van der Waals surface area contributed by atoms with E-state index in [9.17, 15) is 9.90 Å². The van der Waals surface area contributed by atoms with Crippen LogP contribution in [0.4, 0.5) is 0 Å². The number of benzene rings is 1. The Bertz CT molecular complexity index is 515. The van der Waals surface area contributed by atoms with Gasteiger partial charge in [0.15, 0.2) is 0 Å². The minimum Gasteiger partial charge on any atom is -0.387 e. The van der Waals surface area contributed by atoms with Crippen molar-refractivity contribution in [1.29, 1.82) is 5.26 Å². The van der Waals surface area contributed by atoms with Crippen LogP contribution in [-0.4, -0.2) is 35.0 Å². The van der Waals surface area contributed by atoms with Crippen LogP contribution < -0.4 is 5.73 Å². The molecule has 1 saturated carbocycles. The van der Waals surface area contributed by atoms with Gasteiger partial charge < -0.3 is 10.8 Å². The van der Waals surface area contributed by atoms with Crippen molar-refractivity contribution in [3.05, 3.63) is 35.4 Å². The Balaban J connectivity index is 2.03. The van der Waals surface area contributed by atoms with Gasteiger partial charge >= 0.3 is 0 Å². The fourth-order valence-corrected chi connectivity index (χ4v) is 2.92. The highest BCUT2D eigenvalue weighted by atomic mass is 16.3. The van der Waals surface area contributed by atoms with E-state index in [1.165, 1.54) is 0 Å². The Hall–Kier alpha value is -1.90. The summed E-state index contributed by atoms with van der Waals surface area (Å²) in [5.74, 6) is -0.367. The summed E-state index contributed by atoms with van der Waals surface area (Å²) >= 11 is 0. The van der Waals surface area contributed by atoms with Crippen LogP contribution in [0, 0.1) is 11.3 Å². The van der Waals surface area contributed by atoms with Crippen LogP contribution in [0.1, 0.15) is 42.9 Å². The van der Waals surface area contributed by atoms with Crippen molar-refractivity contribution in [2.24, 2.45) is 5.73 Å². The summed E-state index contributed by atoms with van der Waals surface area (Å²) in [4.78, 5) is 13.2. The van der Waals surface area contributed by atoms with Gasteiger partial charge in [0.25, 0.3) is 0 Å². The van der Waals surface area contributed by atoms with E-state index in [0.717, 1.165) is 31.2 Å². The average Bonchev–Trinajstić information content (AvgIpc) is 3.00. The first-order chi connectivity index (χ1) is 10.1. The predicted molar refractivity (Wildman–Crippen MR) is 79.1 cm³/mol. The quantitative estimate of drug-likeness (QED) is 0.825. The Morgan fingerprint density at radius 2 is 2.00 bits per heavy atom. The summed E-state index contributed by atoms with van der Waals surface area (Å²) in [7, 11) is 0. The van der Waals surface area contributed by atoms with Gasteiger partial charge in [0.05, 0.1) is 24.3 Å². The number of carbonyl (C=O) groups is 1. The number of nitriles is 1. The normalized spacial score (nSPS) is 16.8. The number of aliphatic hydroxyl groups excluding tert-OH is 1. The van der Waals surface area contributed by atoms with Gasteiger partial charge in [-0.1, -0.05) is 25.0 Å². The highest BCUT2D eigenvalue weighted by molar-refractivity contribution is 5.76. The monoisotopic (exact) mass is 287 g/mol. The molecule has 0 aromatic heterocycles. The van der Waals surface area contributed by atoms with Crippen LogP contribution in [-0.2, 0) is 4.79 Å². The number of amides is 1. The van der Waals surface area contributed by atoms with Crippen molar-refractivity contribution >= 4 is 5.91 Å². The Morgan fingerprint density at radius 1 is 1.38 bits per heavy atom. The second-order valence-corrected chi connectivity index (χ2v) is 5.58. The lowest BCUT2D eigenvalue weighted by molar-refractivity contribution is -0.120. The first kappa shape index (κ1) is 15.5. The molecule has 112 valence electrons. The Labute approximate surface area is 125 Å². The van der Waals surface area contributed by atoms with E-state index in [0.29, 0.717) is 18.2 Å². The topological polar surface area (TPSA) is 90.3 Å². The number of nitrogens with two attached hydrogens (primary N) is 1. The molecule has 1 aromatic carbocycles. The average molecular weight is 287 g/mol. The van der Waals surface area contributed by atoms with Gasteiger partial charge in [0.2, 0.25) is 5.91 Å². The molecule has 0 heterocycles. The molecular formula is C16H21N3O2. The molecule has 1 aliphatic carbocycles. The third-order valence-corrected chi connectivity index (χ3v) is 4.03. The Morgan fingerprint density at radius 3 is 2.52 bits per heavy atom. The summed E-state index contributed by atoms with van der Waals surface area (Å²) in [5.41, 5.74) is 6.63. The largest absolute Gasteiger partial charge is 0.387 e. The summed E-state index contributed by atoms with van der Waals surface area (Å²) in [5, 5.41) is 19.1. The summed E-state index contributed by atoms with van der Waals surface area (Å²) in [6.45, 7) is 0.567. The van der Waals surface area contributed by atoms with Crippen molar-refractivity contribution < 1.29 is 9.90 Å². The van der Waals surface area contributed by atoms with E-state index in [-0.39, 0.29) is 12.5 Å². The molecular weight excluding hydrogens is 266 g/mol. The zero-order valence-electron chi connectivity index (χ0n) is 12.0. The van der Waals surface area contributed by atoms with Gasteiger partial charge in [-0.3, -0.25) is 9.69 Å². The number of aliphatic hydroxyl groups is 1. The molecule has 1 unspecified atom stereocenters. The maximum absolute atomic E-state index is 11.2. The van der Waals surface area contributed by atoms with E-state index in [1.807, 2.05) is 4.90 Å². The maximum Gasteiger partial charge on any atom is 0.231 e. The molecule has 0 radical (unpaired) electrons. The fourth-order valence-electron chi connectivity index (χ4n) is 2.92. The zero-order chi connectivity index (χ0) is 15.2. The van der Waals surface area contributed by atoms with Gasteiger partial charge in [-0.15, -0.1) is 0 Å². The standard InChI is InChI=1S/C16H21N3O2/c17-9-12-5-7-13(8-6-12)15(20)10-19(11-16(18)21)14-3-1-2-4-14/h5-8,14-15,20H,1-4,10-11H2,(H2,18,21). The molecule has 1 amide bonds. The smallest absolute Gasteiger partial charge is 0.231 e. The van der Waals surface area contributed by atoms with Crippen molar-refractivity contribution in [1.82, 2.24) is 4.90 Å². The van der Waals surface area contributed by atoms with E-state index < -0.39 is 6.10 Å². The van der Waals surface area contributed by atoms with E-state index in [1.54, 1.807) is 24.3 Å². The third-order valence-electron chi connectivity index (χ3n) is 4.03. The van der Waals surface area contributed by atoms with Crippen LogP contribution >= 0.6 is 0 Å². The van der Waals surface area contributed by atoms with Crippen LogP contribution in [0.15, 0.2) is 24.3 Å². The van der Waals surface area contributed by atoms with Gasteiger partial charge in [0, 0.05) is 12.6 Å². The van der Waals surface area contributed by atoms with Gasteiger partial charge in [-0.25, -0.2) is 0 Å². The molecule has 21 heavy (non-hydrogen) atoms. The van der Waals surface area contributed by atoms with Gasteiger partial charge in [-0.2, -0.15) is 5.26 Å². The first-order valence-corrected chi connectivity index (χ1v) is 7.30. The fraction of sp³-hybridized carbons (Fsp3) is 0.500. The van der Waals surface area contributed by atoms with Crippen molar-refractivity contribution in [3.8, 4) is 6.07 Å². The maximum atomic E-state index is 11.2. The lowest BCUT2D eigenvalue weighted by atomic mass is 10.1. The van der Waals surface area contributed by atoms with E-state index in [2.05, 4.69) is 6.07 Å². The molecule has 0 bridgehead atoms. The minimum absolute atomic E-state index is 0.179. The second kappa shape index (κ2) is 7.21. The van der Waals surface area contributed by atoms with Crippen LogP contribution in [0.25, 0.3) is 0 Å². The van der Waals surface area contributed by atoms with Crippen molar-refractivity contribution in [2.45, 2.75) is 37.8 Å². The SMILES string of the molecule is N#Cc1ccc(C(O)CN(CC(N)=O)C2CCCC2)cc1. The van der Waals surface area contributed by atoms with E-state index in [4.69, 9.17) is 11.0 Å². The molecule has 0 aliphatic heterocycles. The number of hydrogen-bond acceptors (Lipinski definition) is 4. The number of hydrogen-bond donors (Lipinski definition) is 2. The molecule has 3 N–H and O–H groups in total. The highest BCUT2D eigenvalue weighted by Crippen LogP contribution is 2.25. The van der Waals surface area contributed by atoms with Crippen LogP contribution in [0.5, 0.6) is 0 Å². The molecule has 0 spiro atoms. The predicted octanol–water partition coefficient (Wildman–Crippen LogP) is 1.32. The van der Waals surface area contributed by atoms with Crippen LogP contribution in [0.3, 0.4) is 0 Å². The molecule has 5 nitrogen and oxygen atoms in total. The zero-order valence-corrected chi connectivity index (χ0v) is 12.0. The van der Waals surface area contributed by atoms with E-state index >= 15 is 0 Å². The van der Waals surface area contributed by atoms with Gasteiger partial charge in [-0.05, 0) is 30.5 Å². The second-order valence-electron chi connectivity index (χ2n) is 5.58. The first-order valence-electron chi connectivity index (χ1n) is 7.30. The highest BCUT2D eigenvalue weighted by Gasteiger charge is 2.25. The minimum atomic E-state index is -0.683. The van der Waals surface area contributed by atoms with Crippen molar-refractivity contribution in [3.63, 3.8) is 0 Å². The molecule has 1 aromatic rings. The summed E-state index contributed by atoms with van der Waals surface area (Å²) < 4.78 is 0. The number of primary amides is 1. The summed E-state index contributed by atoms with van der Waals surface area (Å²) in [6.07, 6.45) is 3.73. The number of rotatable bonds is 6. The molecule has 1 aliphatic rings. The van der Waals surface area contributed by atoms with Gasteiger partial charge in [0.1, 0.15) is 0 Å². The molecule has 0 saturated heterocycles. The molecule has 1 fully saturated rings. The number of nitrogens with zero attached hydrogens (tertiary/aromatic N) is 2. The molecule has 1 atom stereocenters. The summed E-state index contributed by atoms with van der Waals surface area (Å²) in [6, 6.07) is 9.25. The van der Waals surface area contributed by atoms with Crippen molar-refractivity contribution in [2.75, 3.05) is 13.1 Å².